The van der Waals surface area contributed by atoms with Crippen molar-refractivity contribution in [2.75, 3.05) is 26.3 Å². The summed E-state index contributed by atoms with van der Waals surface area (Å²) in [7, 11) is 0. The molecule has 0 aliphatic rings. The van der Waals surface area contributed by atoms with Crippen LogP contribution in [-0.2, 0) is 9.53 Å². The van der Waals surface area contributed by atoms with Gasteiger partial charge in [0.25, 0.3) is 0 Å². The van der Waals surface area contributed by atoms with E-state index in [0.29, 0.717) is 13.2 Å². The normalized spacial score (nSPS) is 12.1. The van der Waals surface area contributed by atoms with Crippen LogP contribution in [0.25, 0.3) is 0 Å². The molecule has 0 aromatic carbocycles. The summed E-state index contributed by atoms with van der Waals surface area (Å²) in [4.78, 5) is 12.6. The van der Waals surface area contributed by atoms with Crippen molar-refractivity contribution in [3.05, 3.63) is 0 Å². The van der Waals surface area contributed by atoms with Crippen molar-refractivity contribution in [3.8, 4) is 0 Å². The predicted octanol–water partition coefficient (Wildman–Crippen LogP) is 1.60. The number of ether oxygens (including phenoxy) is 1. The Morgan fingerprint density at radius 3 is 2.40 bits per heavy atom. The van der Waals surface area contributed by atoms with Crippen molar-refractivity contribution in [1.29, 1.82) is 0 Å². The van der Waals surface area contributed by atoms with Crippen LogP contribution in [0.1, 0.15) is 34.1 Å². The fraction of sp³-hybridized carbons (Fsp3) is 0.909. The molecule has 0 heterocycles. The Morgan fingerprint density at radius 2 is 2.00 bits per heavy atom. The molecule has 4 nitrogen and oxygen atoms in total. The average molecular weight is 217 g/mol. The zero-order valence-electron chi connectivity index (χ0n) is 10.2. The lowest BCUT2D eigenvalue weighted by Crippen LogP contribution is -2.45. The molecule has 0 rings (SSSR count). The zero-order chi connectivity index (χ0) is 11.9. The zero-order valence-corrected chi connectivity index (χ0v) is 10.2. The maximum atomic E-state index is 10.7. The lowest BCUT2D eigenvalue weighted by atomic mass is 10.1. The Hall–Kier alpha value is -0.610. The molecule has 0 bridgehead atoms. The van der Waals surface area contributed by atoms with Gasteiger partial charge in [-0.05, 0) is 34.1 Å². The Kier molecular flexibility index (Phi) is 6.52. The van der Waals surface area contributed by atoms with E-state index in [1.165, 1.54) is 0 Å². The topological polar surface area (TPSA) is 49.8 Å². The number of nitrogens with zero attached hydrogens (tertiary/aromatic N) is 1. The van der Waals surface area contributed by atoms with Gasteiger partial charge in [-0.15, -0.1) is 0 Å². The number of carbonyl (C=O) groups is 1. The van der Waals surface area contributed by atoms with E-state index in [-0.39, 0.29) is 12.1 Å². The highest BCUT2D eigenvalue weighted by Gasteiger charge is 2.22. The third kappa shape index (κ3) is 7.33. The quantitative estimate of drug-likeness (QED) is 0.658. The maximum Gasteiger partial charge on any atom is 0.317 e. The van der Waals surface area contributed by atoms with E-state index in [4.69, 9.17) is 9.84 Å². The van der Waals surface area contributed by atoms with Crippen LogP contribution >= 0.6 is 0 Å². The van der Waals surface area contributed by atoms with Crippen LogP contribution in [0.15, 0.2) is 0 Å². The van der Waals surface area contributed by atoms with Gasteiger partial charge in [0, 0.05) is 25.3 Å². The largest absolute Gasteiger partial charge is 0.480 e. The summed E-state index contributed by atoms with van der Waals surface area (Å²) >= 11 is 0. The van der Waals surface area contributed by atoms with Crippen LogP contribution < -0.4 is 0 Å². The smallest absolute Gasteiger partial charge is 0.317 e. The number of carboxylic acid groups (broad SMARTS) is 1. The Balaban J connectivity index is 3.97. The van der Waals surface area contributed by atoms with E-state index in [2.05, 4.69) is 0 Å². The average Bonchev–Trinajstić information content (AvgIpc) is 2.08. The third-order valence-electron chi connectivity index (χ3n) is 2.20. The van der Waals surface area contributed by atoms with Crippen molar-refractivity contribution in [1.82, 2.24) is 4.90 Å². The molecule has 4 heteroatoms. The Bertz CT molecular complexity index is 187. The fourth-order valence-corrected chi connectivity index (χ4v) is 1.32. The monoisotopic (exact) mass is 217 g/mol. The molecule has 0 saturated heterocycles. The lowest BCUT2D eigenvalue weighted by molar-refractivity contribution is -0.139. The van der Waals surface area contributed by atoms with Gasteiger partial charge >= 0.3 is 5.97 Å². The van der Waals surface area contributed by atoms with E-state index in [1.54, 1.807) is 0 Å². The molecule has 0 unspecified atom stereocenters. The molecular weight excluding hydrogens is 194 g/mol. The molecular formula is C11H23NO3. The van der Waals surface area contributed by atoms with E-state index in [0.717, 1.165) is 13.0 Å². The summed E-state index contributed by atoms with van der Waals surface area (Å²) < 4.78 is 5.23. The second-order valence-electron chi connectivity index (χ2n) is 4.54. The van der Waals surface area contributed by atoms with Gasteiger partial charge in [0.15, 0.2) is 0 Å². The van der Waals surface area contributed by atoms with Gasteiger partial charge in [-0.2, -0.15) is 0 Å². The van der Waals surface area contributed by atoms with Gasteiger partial charge in [-0.1, -0.05) is 0 Å². The van der Waals surface area contributed by atoms with Crippen molar-refractivity contribution in [2.45, 2.75) is 39.7 Å². The van der Waals surface area contributed by atoms with Crippen molar-refractivity contribution in [3.63, 3.8) is 0 Å². The third-order valence-corrected chi connectivity index (χ3v) is 2.20. The molecule has 0 spiro atoms. The molecule has 0 aliphatic heterocycles. The van der Waals surface area contributed by atoms with Gasteiger partial charge in [-0.3, -0.25) is 9.69 Å². The number of rotatable bonds is 7. The lowest BCUT2D eigenvalue weighted by Gasteiger charge is -2.34. The predicted molar refractivity (Wildman–Crippen MR) is 60.1 cm³/mol. The minimum Gasteiger partial charge on any atom is -0.480 e. The second kappa shape index (κ2) is 6.80. The van der Waals surface area contributed by atoms with Crippen LogP contribution in [0.4, 0.5) is 0 Å². The number of aliphatic carboxylic acids is 1. The first-order chi connectivity index (χ1) is 6.88. The molecule has 90 valence electrons. The van der Waals surface area contributed by atoms with Crippen LogP contribution in [0.5, 0.6) is 0 Å². The van der Waals surface area contributed by atoms with Crippen LogP contribution in [-0.4, -0.2) is 47.8 Å². The molecule has 0 aliphatic carbocycles. The van der Waals surface area contributed by atoms with Crippen molar-refractivity contribution in [2.24, 2.45) is 0 Å². The first kappa shape index (κ1) is 14.4. The Morgan fingerprint density at radius 1 is 1.40 bits per heavy atom. The number of carboxylic acids is 1. The highest BCUT2D eigenvalue weighted by molar-refractivity contribution is 5.69. The van der Waals surface area contributed by atoms with Crippen LogP contribution in [0, 0.1) is 0 Å². The van der Waals surface area contributed by atoms with Gasteiger partial charge in [0.1, 0.15) is 0 Å². The van der Waals surface area contributed by atoms with E-state index >= 15 is 0 Å². The van der Waals surface area contributed by atoms with Crippen LogP contribution in [0.3, 0.4) is 0 Å². The van der Waals surface area contributed by atoms with E-state index in [1.807, 2.05) is 32.6 Å². The van der Waals surface area contributed by atoms with Crippen molar-refractivity contribution >= 4 is 5.97 Å². The summed E-state index contributed by atoms with van der Waals surface area (Å²) in [6.45, 7) is 10.3. The van der Waals surface area contributed by atoms with Gasteiger partial charge in [-0.25, -0.2) is 0 Å². The van der Waals surface area contributed by atoms with Gasteiger partial charge in [0.05, 0.1) is 6.54 Å². The first-order valence-electron chi connectivity index (χ1n) is 5.42. The molecule has 0 radical (unpaired) electrons. The van der Waals surface area contributed by atoms with Gasteiger partial charge < -0.3 is 9.84 Å². The molecule has 1 N–H and O–H groups in total. The molecule has 0 aromatic rings. The van der Waals surface area contributed by atoms with Crippen LogP contribution in [0.2, 0.25) is 0 Å². The number of hydrogen-bond donors (Lipinski definition) is 1. The van der Waals surface area contributed by atoms with Crippen molar-refractivity contribution < 1.29 is 14.6 Å². The second-order valence-corrected chi connectivity index (χ2v) is 4.54. The minimum atomic E-state index is -0.777. The minimum absolute atomic E-state index is 0.0929. The first-order valence-corrected chi connectivity index (χ1v) is 5.42. The highest BCUT2D eigenvalue weighted by atomic mass is 16.5. The number of hydrogen-bond acceptors (Lipinski definition) is 3. The molecule has 0 atom stereocenters. The molecule has 0 fully saturated rings. The molecule has 15 heavy (non-hydrogen) atoms. The SMILES string of the molecule is CCOCCCN(CC(=O)O)C(C)(C)C. The fourth-order valence-electron chi connectivity index (χ4n) is 1.32. The summed E-state index contributed by atoms with van der Waals surface area (Å²) in [6, 6.07) is 0. The molecule has 0 saturated carbocycles. The molecule has 0 amide bonds. The maximum absolute atomic E-state index is 10.7. The van der Waals surface area contributed by atoms with E-state index in [9.17, 15) is 4.79 Å². The Labute approximate surface area is 92.2 Å². The van der Waals surface area contributed by atoms with Gasteiger partial charge in [0.2, 0.25) is 0 Å². The summed E-state index contributed by atoms with van der Waals surface area (Å²) in [5.41, 5.74) is -0.107. The summed E-state index contributed by atoms with van der Waals surface area (Å²) in [5, 5.41) is 8.78. The molecule has 0 aromatic heterocycles. The standard InChI is InChI=1S/C11H23NO3/c1-5-15-8-6-7-12(9-10(13)14)11(2,3)4/h5-9H2,1-4H3,(H,13,14). The summed E-state index contributed by atoms with van der Waals surface area (Å²) in [6.07, 6.45) is 0.873. The highest BCUT2D eigenvalue weighted by Crippen LogP contribution is 2.13. The summed E-state index contributed by atoms with van der Waals surface area (Å²) in [5.74, 6) is -0.777. The van der Waals surface area contributed by atoms with E-state index < -0.39 is 5.97 Å².